The van der Waals surface area contributed by atoms with Crippen molar-refractivity contribution in [3.8, 4) is 17.6 Å². The number of anilines is 1. The Morgan fingerprint density at radius 2 is 1.94 bits per heavy atom. The number of pyridine rings is 1. The third-order valence-corrected chi connectivity index (χ3v) is 5.17. The van der Waals surface area contributed by atoms with Crippen LogP contribution in [0.15, 0.2) is 41.3 Å². The molecule has 0 fully saturated rings. The van der Waals surface area contributed by atoms with Gasteiger partial charge in [0.1, 0.15) is 5.75 Å². The summed E-state index contributed by atoms with van der Waals surface area (Å²) in [5.41, 5.74) is 10.8. The Morgan fingerprint density at radius 1 is 1.21 bits per heavy atom. The Balaban J connectivity index is 1.75. The number of nitrogens with zero attached hydrogens (tertiary/aromatic N) is 2. The summed E-state index contributed by atoms with van der Waals surface area (Å²) in [6.45, 7) is 0. The summed E-state index contributed by atoms with van der Waals surface area (Å²) in [5, 5.41) is 9.28. The zero-order chi connectivity index (χ0) is 24.0. The van der Waals surface area contributed by atoms with E-state index in [4.69, 9.17) is 38.9 Å². The average Bonchev–Trinajstić information content (AvgIpc) is 2.78. The molecule has 1 amide bonds. The van der Waals surface area contributed by atoms with Crippen LogP contribution >= 0.6 is 23.2 Å². The third kappa shape index (κ3) is 6.26. The molecule has 10 nitrogen and oxygen atoms in total. The second-order valence-electron chi connectivity index (χ2n) is 6.96. The van der Waals surface area contributed by atoms with E-state index in [1.165, 1.54) is 24.3 Å². The lowest BCUT2D eigenvalue weighted by Crippen LogP contribution is -2.41. The Bertz CT molecular complexity index is 1180. The van der Waals surface area contributed by atoms with Crippen molar-refractivity contribution in [2.24, 2.45) is 5.73 Å². The van der Waals surface area contributed by atoms with Gasteiger partial charge in [-0.15, -0.1) is 0 Å². The second-order valence-corrected chi connectivity index (χ2v) is 7.77. The van der Waals surface area contributed by atoms with Crippen molar-refractivity contribution < 1.29 is 19.1 Å². The fraction of sp³-hybridized carbons (Fsp3) is 0.238. The molecule has 1 aromatic carbocycles. The van der Waals surface area contributed by atoms with Crippen LogP contribution in [-0.2, 0) is 9.53 Å². The van der Waals surface area contributed by atoms with Crippen LogP contribution in [0.5, 0.6) is 11.5 Å². The van der Waals surface area contributed by atoms with Crippen LogP contribution in [0.2, 0.25) is 10.0 Å². The van der Waals surface area contributed by atoms with E-state index in [-0.39, 0.29) is 21.4 Å². The fourth-order valence-corrected chi connectivity index (χ4v) is 3.66. The summed E-state index contributed by atoms with van der Waals surface area (Å²) in [6.07, 6.45) is 6.11. The van der Waals surface area contributed by atoms with Crippen LogP contribution in [-0.4, -0.2) is 22.7 Å². The van der Waals surface area contributed by atoms with E-state index in [1.54, 1.807) is 16.8 Å². The number of aromatic nitrogens is 1. The first-order chi connectivity index (χ1) is 15.8. The number of hydrogen-bond donors (Lipinski definition) is 3. The molecule has 12 heteroatoms. The van der Waals surface area contributed by atoms with E-state index in [9.17, 15) is 14.4 Å². The lowest BCUT2D eigenvalue weighted by Gasteiger charge is -2.17. The molecule has 33 heavy (non-hydrogen) atoms. The molecule has 4 N–H and O–H groups in total. The first kappa shape index (κ1) is 24.1. The number of primary amides is 1. The highest BCUT2D eigenvalue weighted by Gasteiger charge is 2.21. The molecule has 2 aromatic rings. The predicted molar refractivity (Wildman–Crippen MR) is 122 cm³/mol. The lowest BCUT2D eigenvalue weighted by atomic mass is 10.0. The Hall–Kier alpha value is -3.52. The number of carbonyl (C=O) groups is 2. The van der Waals surface area contributed by atoms with Crippen LogP contribution in [0.25, 0.3) is 5.70 Å². The molecular formula is C21H19Cl2N5O5. The van der Waals surface area contributed by atoms with Gasteiger partial charge in [-0.2, -0.15) is 5.26 Å². The topological polar surface area (TPSA) is 148 Å². The van der Waals surface area contributed by atoms with Crippen LogP contribution in [0.1, 0.15) is 25.7 Å². The highest BCUT2D eigenvalue weighted by Crippen LogP contribution is 2.38. The molecule has 1 atom stereocenters. The van der Waals surface area contributed by atoms with Crippen LogP contribution in [0.4, 0.5) is 10.5 Å². The molecule has 1 unspecified atom stereocenters. The van der Waals surface area contributed by atoms with Gasteiger partial charge in [0.15, 0.2) is 5.75 Å². The van der Waals surface area contributed by atoms with Gasteiger partial charge in [0.05, 0.1) is 28.0 Å². The number of esters is 1. The van der Waals surface area contributed by atoms with Crippen molar-refractivity contribution in [2.45, 2.75) is 31.7 Å². The molecule has 1 aromatic heterocycles. The number of amides is 1. The molecule has 1 heterocycles. The Kier molecular flexibility index (Phi) is 7.95. The molecule has 0 aliphatic heterocycles. The van der Waals surface area contributed by atoms with Gasteiger partial charge in [-0.3, -0.25) is 9.36 Å². The zero-order valence-corrected chi connectivity index (χ0v) is 18.7. The number of ether oxygens (including phenoxy) is 2. The number of allylic oxidation sites excluding steroid dienone is 2. The first-order valence-electron chi connectivity index (χ1n) is 9.80. The van der Waals surface area contributed by atoms with Crippen molar-refractivity contribution in [1.29, 1.82) is 5.26 Å². The van der Waals surface area contributed by atoms with Gasteiger partial charge in [-0.25, -0.2) is 15.0 Å². The van der Waals surface area contributed by atoms with Crippen molar-refractivity contribution in [3.63, 3.8) is 0 Å². The van der Waals surface area contributed by atoms with Crippen LogP contribution in [0.3, 0.4) is 0 Å². The number of carbonyl (C=O) groups excluding carboxylic acids is 2. The van der Waals surface area contributed by atoms with Gasteiger partial charge in [0, 0.05) is 11.8 Å². The van der Waals surface area contributed by atoms with E-state index < -0.39 is 18.1 Å². The van der Waals surface area contributed by atoms with E-state index in [1.807, 2.05) is 6.08 Å². The number of benzene rings is 1. The molecule has 1 aliphatic rings. The summed E-state index contributed by atoms with van der Waals surface area (Å²) in [7, 11) is 0. The molecule has 0 spiro atoms. The smallest absolute Gasteiger partial charge is 0.412 e. The minimum Gasteiger partial charge on any atom is -0.453 e. The van der Waals surface area contributed by atoms with Gasteiger partial charge in [0.2, 0.25) is 6.04 Å². The number of hydrogen-bond acceptors (Lipinski definition) is 8. The fourth-order valence-electron chi connectivity index (χ4n) is 3.10. The van der Waals surface area contributed by atoms with E-state index >= 15 is 0 Å². The standard InChI is InChI=1S/C21H19Cl2N5O5/c22-15-8-12(26-27-17(10-24)20(30)33-21(25)31)9-16(23)19(15)32-14-6-7-18(29)28(11-14)13-4-2-1-3-5-13/h4,6-9,11,17,26-27H,1-3,5H2,(H2,25,31). The maximum atomic E-state index is 12.3. The monoisotopic (exact) mass is 491 g/mol. The maximum absolute atomic E-state index is 12.3. The quantitative estimate of drug-likeness (QED) is 0.300. The van der Waals surface area contributed by atoms with E-state index in [0.717, 1.165) is 31.4 Å². The minimum absolute atomic E-state index is 0.120. The van der Waals surface area contributed by atoms with Crippen molar-refractivity contribution in [1.82, 2.24) is 9.99 Å². The SMILES string of the molecule is N#CC(NNc1cc(Cl)c(Oc2ccc(=O)n(C3=CCCCC3)c2)c(Cl)c1)C(=O)OC(N)=O. The molecule has 3 rings (SSSR count). The summed E-state index contributed by atoms with van der Waals surface area (Å²) in [5.74, 6) is -0.669. The number of halogens is 2. The van der Waals surface area contributed by atoms with Gasteiger partial charge in [0.25, 0.3) is 5.56 Å². The highest BCUT2D eigenvalue weighted by atomic mass is 35.5. The summed E-state index contributed by atoms with van der Waals surface area (Å²) in [6, 6.07) is 5.87. The van der Waals surface area contributed by atoms with Crippen LogP contribution < -0.4 is 26.9 Å². The normalized spacial score (nSPS) is 13.9. The zero-order valence-electron chi connectivity index (χ0n) is 17.1. The highest BCUT2D eigenvalue weighted by molar-refractivity contribution is 6.37. The Labute approximate surface area is 198 Å². The third-order valence-electron chi connectivity index (χ3n) is 4.61. The predicted octanol–water partition coefficient (Wildman–Crippen LogP) is 3.79. The van der Waals surface area contributed by atoms with Crippen LogP contribution in [0, 0.1) is 11.3 Å². The molecule has 0 radical (unpaired) electrons. The van der Waals surface area contributed by atoms with Gasteiger partial charge < -0.3 is 20.6 Å². The minimum atomic E-state index is -1.53. The molecule has 0 saturated carbocycles. The second kappa shape index (κ2) is 10.9. The van der Waals surface area contributed by atoms with Gasteiger partial charge in [-0.05, 0) is 43.9 Å². The molecule has 1 aliphatic carbocycles. The average molecular weight is 492 g/mol. The van der Waals surface area contributed by atoms with E-state index in [2.05, 4.69) is 15.6 Å². The number of nitrogens with one attached hydrogen (secondary N) is 2. The van der Waals surface area contributed by atoms with Crippen molar-refractivity contribution in [3.05, 3.63) is 56.9 Å². The summed E-state index contributed by atoms with van der Waals surface area (Å²) >= 11 is 12.6. The molecular weight excluding hydrogens is 473 g/mol. The lowest BCUT2D eigenvalue weighted by molar-refractivity contribution is -0.137. The number of nitrogens with two attached hydrogens (primary N) is 1. The molecule has 0 saturated heterocycles. The number of nitriles is 1. The molecule has 172 valence electrons. The summed E-state index contributed by atoms with van der Waals surface area (Å²) < 4.78 is 11.5. The summed E-state index contributed by atoms with van der Waals surface area (Å²) in [4.78, 5) is 34.6. The maximum Gasteiger partial charge on any atom is 0.412 e. The van der Waals surface area contributed by atoms with Gasteiger partial charge in [-0.1, -0.05) is 29.3 Å². The van der Waals surface area contributed by atoms with E-state index in [0.29, 0.717) is 11.4 Å². The number of hydrazine groups is 1. The number of rotatable bonds is 7. The van der Waals surface area contributed by atoms with Crippen molar-refractivity contribution >= 4 is 46.6 Å². The molecule has 0 bridgehead atoms. The Morgan fingerprint density at radius 3 is 2.55 bits per heavy atom. The van der Waals surface area contributed by atoms with Gasteiger partial charge >= 0.3 is 12.1 Å². The largest absolute Gasteiger partial charge is 0.453 e. The first-order valence-corrected chi connectivity index (χ1v) is 10.6. The van der Waals surface area contributed by atoms with Crippen molar-refractivity contribution in [2.75, 3.05) is 5.43 Å².